The van der Waals surface area contributed by atoms with Gasteiger partial charge in [0.25, 0.3) is 0 Å². The first-order chi connectivity index (χ1) is 11.7. The Morgan fingerprint density at radius 2 is 1.96 bits per heavy atom. The molecule has 24 heavy (non-hydrogen) atoms. The van der Waals surface area contributed by atoms with Gasteiger partial charge >= 0.3 is 0 Å². The largest absolute Gasteiger partial charge is 0.492 e. The van der Waals surface area contributed by atoms with Crippen LogP contribution in [0.4, 0.5) is 0 Å². The maximum absolute atomic E-state index is 5.99. The summed E-state index contributed by atoms with van der Waals surface area (Å²) in [7, 11) is 1.79. The molecule has 1 aromatic rings. The summed E-state index contributed by atoms with van der Waals surface area (Å²) in [5.74, 6) is 2.82. The molecule has 2 N–H and O–H groups in total. The molecular formula is C18H32N4OS. The van der Waals surface area contributed by atoms with Crippen LogP contribution >= 0.6 is 11.8 Å². The van der Waals surface area contributed by atoms with Crippen molar-refractivity contribution in [1.29, 1.82) is 0 Å². The van der Waals surface area contributed by atoms with Crippen LogP contribution in [0, 0.1) is 0 Å². The first-order valence-electron chi connectivity index (χ1n) is 8.61. The molecule has 0 fully saturated rings. The van der Waals surface area contributed by atoms with Crippen molar-refractivity contribution in [3.05, 3.63) is 29.8 Å². The predicted molar refractivity (Wildman–Crippen MR) is 106 cm³/mol. The Kier molecular flexibility index (Phi) is 11.1. The number of benzene rings is 1. The van der Waals surface area contributed by atoms with Crippen molar-refractivity contribution in [3.8, 4) is 5.75 Å². The second kappa shape index (κ2) is 13.0. The van der Waals surface area contributed by atoms with Gasteiger partial charge in [0.2, 0.25) is 0 Å². The van der Waals surface area contributed by atoms with E-state index in [2.05, 4.69) is 46.7 Å². The molecule has 0 aliphatic carbocycles. The molecular weight excluding hydrogens is 320 g/mol. The third-order valence-electron chi connectivity index (χ3n) is 3.80. The van der Waals surface area contributed by atoms with Gasteiger partial charge in [0, 0.05) is 38.0 Å². The summed E-state index contributed by atoms with van der Waals surface area (Å²) in [5, 5.41) is 6.65. The molecule has 0 atom stereocenters. The summed E-state index contributed by atoms with van der Waals surface area (Å²) in [6, 6.07) is 8.18. The van der Waals surface area contributed by atoms with E-state index in [1.165, 1.54) is 0 Å². The van der Waals surface area contributed by atoms with Gasteiger partial charge < -0.3 is 20.3 Å². The molecule has 0 bridgehead atoms. The van der Waals surface area contributed by atoms with Gasteiger partial charge in [-0.25, -0.2) is 0 Å². The Morgan fingerprint density at radius 3 is 2.62 bits per heavy atom. The van der Waals surface area contributed by atoms with Crippen molar-refractivity contribution in [2.75, 3.05) is 51.8 Å². The average molecular weight is 353 g/mol. The molecule has 1 rings (SSSR count). The summed E-state index contributed by atoms with van der Waals surface area (Å²) in [6.45, 7) is 9.73. The summed E-state index contributed by atoms with van der Waals surface area (Å²) in [5.41, 5.74) is 1.14. The zero-order valence-corrected chi connectivity index (χ0v) is 16.3. The molecule has 0 aliphatic heterocycles. The number of nitrogens with one attached hydrogen (secondary N) is 2. The van der Waals surface area contributed by atoms with E-state index < -0.39 is 0 Å². The zero-order valence-electron chi connectivity index (χ0n) is 15.5. The predicted octanol–water partition coefficient (Wildman–Crippen LogP) is 2.44. The van der Waals surface area contributed by atoms with Gasteiger partial charge in [-0.1, -0.05) is 32.0 Å². The van der Waals surface area contributed by atoms with Crippen molar-refractivity contribution in [2.45, 2.75) is 20.4 Å². The fourth-order valence-electron chi connectivity index (χ4n) is 2.29. The number of aliphatic imine (C=N–C) groups is 1. The number of para-hydroxylation sites is 1. The van der Waals surface area contributed by atoms with Crippen LogP contribution in [0.2, 0.25) is 0 Å². The number of rotatable bonds is 11. The Balaban J connectivity index is 2.50. The molecule has 0 saturated heterocycles. The zero-order chi connectivity index (χ0) is 17.6. The maximum Gasteiger partial charge on any atom is 0.191 e. The minimum Gasteiger partial charge on any atom is -0.492 e. The SMILES string of the molecule is CCN(CC)CCOc1ccccc1CNC(=NC)NCCSC. The number of hydrogen-bond donors (Lipinski definition) is 2. The summed E-state index contributed by atoms with van der Waals surface area (Å²) >= 11 is 1.82. The molecule has 6 heteroatoms. The molecule has 0 aliphatic rings. The minimum atomic E-state index is 0.695. The van der Waals surface area contributed by atoms with Gasteiger partial charge in [-0.15, -0.1) is 0 Å². The standard InChI is InChI=1S/C18H32N4OS/c1-5-22(6-2)12-13-23-17-10-8-7-9-16(17)15-21-18(19-3)20-11-14-24-4/h7-10H,5-6,11-15H2,1-4H3,(H2,19,20,21). The molecule has 5 nitrogen and oxygen atoms in total. The topological polar surface area (TPSA) is 48.9 Å². The van der Waals surface area contributed by atoms with Crippen molar-refractivity contribution in [3.63, 3.8) is 0 Å². The smallest absolute Gasteiger partial charge is 0.191 e. The Bertz CT molecular complexity index is 478. The third-order valence-corrected chi connectivity index (χ3v) is 4.41. The molecule has 0 aromatic heterocycles. The second-order valence-corrected chi connectivity index (χ2v) is 6.31. The van der Waals surface area contributed by atoms with E-state index in [1.807, 2.05) is 30.0 Å². The number of ether oxygens (including phenoxy) is 1. The molecule has 0 saturated carbocycles. The molecule has 0 spiro atoms. The molecule has 0 unspecified atom stereocenters. The minimum absolute atomic E-state index is 0.695. The lowest BCUT2D eigenvalue weighted by Gasteiger charge is -2.19. The van der Waals surface area contributed by atoms with E-state index >= 15 is 0 Å². The molecule has 1 aromatic carbocycles. The van der Waals surface area contributed by atoms with E-state index in [4.69, 9.17) is 4.74 Å². The van der Waals surface area contributed by atoms with E-state index in [-0.39, 0.29) is 0 Å². The molecule has 0 heterocycles. The normalized spacial score (nSPS) is 11.6. The Hall–Kier alpha value is -1.40. The lowest BCUT2D eigenvalue weighted by atomic mass is 10.2. The fourth-order valence-corrected chi connectivity index (χ4v) is 2.59. The molecule has 136 valence electrons. The number of thioether (sulfide) groups is 1. The summed E-state index contributed by atoms with van der Waals surface area (Å²) in [4.78, 5) is 6.61. The second-order valence-electron chi connectivity index (χ2n) is 5.33. The van der Waals surface area contributed by atoms with Crippen LogP contribution in [-0.4, -0.2) is 62.7 Å². The van der Waals surface area contributed by atoms with Crippen LogP contribution in [0.25, 0.3) is 0 Å². The highest BCUT2D eigenvalue weighted by atomic mass is 32.2. The van der Waals surface area contributed by atoms with E-state index in [0.717, 1.165) is 49.2 Å². The highest BCUT2D eigenvalue weighted by Gasteiger charge is 2.05. The van der Waals surface area contributed by atoms with Gasteiger partial charge in [0.15, 0.2) is 5.96 Å². The van der Waals surface area contributed by atoms with Crippen molar-refractivity contribution in [2.24, 2.45) is 4.99 Å². The van der Waals surface area contributed by atoms with E-state index in [9.17, 15) is 0 Å². The van der Waals surface area contributed by atoms with Crippen LogP contribution in [0.1, 0.15) is 19.4 Å². The Labute approximate surface area is 151 Å². The lowest BCUT2D eigenvalue weighted by molar-refractivity contribution is 0.221. The van der Waals surface area contributed by atoms with Crippen LogP contribution in [0.3, 0.4) is 0 Å². The third kappa shape index (κ3) is 7.93. The van der Waals surface area contributed by atoms with Crippen molar-refractivity contribution < 1.29 is 4.74 Å². The lowest BCUT2D eigenvalue weighted by Crippen LogP contribution is -2.38. The maximum atomic E-state index is 5.99. The van der Waals surface area contributed by atoms with Gasteiger partial charge in [-0.05, 0) is 25.4 Å². The first kappa shape index (κ1) is 20.6. The van der Waals surface area contributed by atoms with Crippen LogP contribution < -0.4 is 15.4 Å². The van der Waals surface area contributed by atoms with Gasteiger partial charge in [-0.2, -0.15) is 11.8 Å². The summed E-state index contributed by atoms with van der Waals surface area (Å²) in [6.07, 6.45) is 2.10. The number of hydrogen-bond acceptors (Lipinski definition) is 4. The Morgan fingerprint density at radius 1 is 1.21 bits per heavy atom. The monoisotopic (exact) mass is 352 g/mol. The van der Waals surface area contributed by atoms with Gasteiger partial charge in [0.1, 0.15) is 12.4 Å². The number of likely N-dealkylation sites (N-methyl/N-ethyl adjacent to an activating group) is 1. The van der Waals surface area contributed by atoms with Gasteiger partial charge in [-0.3, -0.25) is 4.99 Å². The van der Waals surface area contributed by atoms with E-state index in [1.54, 1.807) is 7.05 Å². The van der Waals surface area contributed by atoms with Crippen molar-refractivity contribution >= 4 is 17.7 Å². The van der Waals surface area contributed by atoms with Crippen molar-refractivity contribution in [1.82, 2.24) is 15.5 Å². The number of nitrogens with zero attached hydrogens (tertiary/aromatic N) is 2. The highest BCUT2D eigenvalue weighted by molar-refractivity contribution is 7.98. The summed E-state index contributed by atoms with van der Waals surface area (Å²) < 4.78 is 5.99. The quantitative estimate of drug-likeness (QED) is 0.364. The molecule has 0 radical (unpaired) electrons. The average Bonchev–Trinajstić information content (AvgIpc) is 2.62. The van der Waals surface area contributed by atoms with E-state index in [0.29, 0.717) is 13.2 Å². The van der Waals surface area contributed by atoms with Crippen LogP contribution in [-0.2, 0) is 6.54 Å². The van der Waals surface area contributed by atoms with Crippen LogP contribution in [0.15, 0.2) is 29.3 Å². The first-order valence-corrected chi connectivity index (χ1v) is 10.0. The number of guanidine groups is 1. The molecule has 0 amide bonds. The van der Waals surface area contributed by atoms with Gasteiger partial charge in [0.05, 0.1) is 0 Å². The van der Waals surface area contributed by atoms with Crippen LogP contribution in [0.5, 0.6) is 5.75 Å². The fraction of sp³-hybridized carbons (Fsp3) is 0.611. The highest BCUT2D eigenvalue weighted by Crippen LogP contribution is 2.17.